The van der Waals surface area contributed by atoms with Gasteiger partial charge in [0, 0.05) is 43.0 Å². The Bertz CT molecular complexity index is 986. The van der Waals surface area contributed by atoms with E-state index in [9.17, 15) is 13.2 Å². The van der Waals surface area contributed by atoms with Crippen LogP contribution in [-0.2, 0) is 14.8 Å². The topological polar surface area (TPSA) is 116 Å². The second-order valence-electron chi connectivity index (χ2n) is 7.34. The number of nitrogens with zero attached hydrogens (tertiary/aromatic N) is 3. The summed E-state index contributed by atoms with van der Waals surface area (Å²) in [6.07, 6.45) is 2.26. The fraction of sp³-hybridized carbons (Fsp3) is 0.450. The smallest absolute Gasteiger partial charge is 0.227 e. The van der Waals surface area contributed by atoms with Crippen LogP contribution in [0.15, 0.2) is 30.3 Å². The molecule has 0 radical (unpaired) electrons. The number of benzene rings is 1. The minimum Gasteiger partial charge on any atom is -0.370 e. The Morgan fingerprint density at radius 1 is 1.10 bits per heavy atom. The summed E-state index contributed by atoms with van der Waals surface area (Å²) in [6.45, 7) is 5.38. The van der Waals surface area contributed by atoms with E-state index < -0.39 is 10.0 Å². The van der Waals surface area contributed by atoms with Crippen LogP contribution in [0.4, 0.5) is 23.0 Å². The molecule has 3 N–H and O–H groups in total. The summed E-state index contributed by atoms with van der Waals surface area (Å²) in [6, 6.07) is 9.23. The zero-order chi connectivity index (χ0) is 21.7. The van der Waals surface area contributed by atoms with Gasteiger partial charge >= 0.3 is 0 Å². The van der Waals surface area contributed by atoms with E-state index in [1.165, 1.54) is 10.6 Å². The third-order valence-corrected chi connectivity index (χ3v) is 6.22. The Labute approximate surface area is 177 Å². The Morgan fingerprint density at radius 3 is 2.30 bits per heavy atom. The summed E-state index contributed by atoms with van der Waals surface area (Å²) in [5, 5.41) is 9.33. The van der Waals surface area contributed by atoms with Crippen molar-refractivity contribution in [3.05, 3.63) is 36.2 Å². The molecule has 0 saturated carbocycles. The molecule has 0 atom stereocenters. The molecular weight excluding hydrogens is 404 g/mol. The Balaban J connectivity index is 1.57. The maximum absolute atomic E-state index is 12.5. The number of nitrogens with one attached hydrogen (secondary N) is 3. The maximum Gasteiger partial charge on any atom is 0.227 e. The normalized spacial score (nSPS) is 15.6. The molecule has 0 bridgehead atoms. The predicted molar refractivity (Wildman–Crippen MR) is 118 cm³/mol. The van der Waals surface area contributed by atoms with Crippen LogP contribution >= 0.6 is 0 Å². The summed E-state index contributed by atoms with van der Waals surface area (Å²) >= 11 is 0. The van der Waals surface area contributed by atoms with Crippen molar-refractivity contribution in [2.24, 2.45) is 5.92 Å². The molecule has 1 aromatic heterocycles. The zero-order valence-corrected chi connectivity index (χ0v) is 18.3. The number of aromatic nitrogens is 2. The summed E-state index contributed by atoms with van der Waals surface area (Å²) in [5.41, 5.74) is 1.54. The van der Waals surface area contributed by atoms with Gasteiger partial charge in [-0.15, -0.1) is 0 Å². The molecule has 1 aliphatic rings. The van der Waals surface area contributed by atoms with E-state index in [0.29, 0.717) is 43.3 Å². The fourth-order valence-corrected chi connectivity index (χ4v) is 4.26. The Hall–Kier alpha value is -2.72. The number of rotatable bonds is 7. The van der Waals surface area contributed by atoms with Crippen LogP contribution in [0.1, 0.15) is 25.6 Å². The third kappa shape index (κ3) is 5.90. The van der Waals surface area contributed by atoms with Crippen molar-refractivity contribution in [3.8, 4) is 0 Å². The maximum atomic E-state index is 12.5. The number of carbonyl (C=O) groups is 1. The van der Waals surface area contributed by atoms with Crippen molar-refractivity contribution in [3.63, 3.8) is 0 Å². The highest BCUT2D eigenvalue weighted by Crippen LogP contribution is 2.23. The summed E-state index contributed by atoms with van der Waals surface area (Å²) in [7, 11) is -3.19. The van der Waals surface area contributed by atoms with Gasteiger partial charge in [-0.25, -0.2) is 22.7 Å². The highest BCUT2D eigenvalue weighted by molar-refractivity contribution is 7.88. The van der Waals surface area contributed by atoms with Gasteiger partial charge in [0.2, 0.25) is 15.9 Å². The lowest BCUT2D eigenvalue weighted by Gasteiger charge is -2.29. The van der Waals surface area contributed by atoms with Gasteiger partial charge in [0.05, 0.1) is 6.26 Å². The van der Waals surface area contributed by atoms with Crippen LogP contribution in [0.5, 0.6) is 0 Å². The molecule has 3 rings (SSSR count). The molecule has 0 aliphatic carbocycles. The molecule has 30 heavy (non-hydrogen) atoms. The highest BCUT2D eigenvalue weighted by atomic mass is 32.2. The standard InChI is InChI=1S/C20H28N6O3S/c1-4-21-18-13-19(23-14(2)22-18)24-16-5-7-17(8-6-16)25-20(27)15-9-11-26(12-10-15)30(3,28)29/h5-8,13,15H,4,9-12H2,1-3H3,(H,25,27)(H2,21,22,23,24). The van der Waals surface area contributed by atoms with E-state index in [0.717, 1.165) is 18.1 Å². The molecule has 1 amide bonds. The van der Waals surface area contributed by atoms with Crippen molar-refractivity contribution in [2.75, 3.05) is 41.8 Å². The number of carbonyl (C=O) groups excluding carboxylic acids is 1. The van der Waals surface area contributed by atoms with Crippen LogP contribution in [0.25, 0.3) is 0 Å². The van der Waals surface area contributed by atoms with Crippen molar-refractivity contribution >= 4 is 38.9 Å². The van der Waals surface area contributed by atoms with E-state index in [1.807, 2.05) is 44.2 Å². The minimum absolute atomic E-state index is 0.0782. The van der Waals surface area contributed by atoms with Gasteiger partial charge in [-0.3, -0.25) is 4.79 Å². The Morgan fingerprint density at radius 2 is 1.70 bits per heavy atom. The van der Waals surface area contributed by atoms with Gasteiger partial charge in [0.15, 0.2) is 0 Å². The molecule has 0 unspecified atom stereocenters. The summed E-state index contributed by atoms with van der Waals surface area (Å²) in [4.78, 5) is 21.2. The number of hydrogen-bond acceptors (Lipinski definition) is 7. The van der Waals surface area contributed by atoms with Gasteiger partial charge in [0.1, 0.15) is 17.5 Å². The van der Waals surface area contributed by atoms with Crippen LogP contribution in [0.3, 0.4) is 0 Å². The van der Waals surface area contributed by atoms with Gasteiger partial charge < -0.3 is 16.0 Å². The second kappa shape index (κ2) is 9.40. The van der Waals surface area contributed by atoms with Crippen LogP contribution in [0.2, 0.25) is 0 Å². The number of sulfonamides is 1. The van der Waals surface area contributed by atoms with Crippen LogP contribution < -0.4 is 16.0 Å². The third-order valence-electron chi connectivity index (χ3n) is 4.91. The lowest BCUT2D eigenvalue weighted by molar-refractivity contribution is -0.120. The van der Waals surface area contributed by atoms with Crippen molar-refractivity contribution in [2.45, 2.75) is 26.7 Å². The monoisotopic (exact) mass is 432 g/mol. The second-order valence-corrected chi connectivity index (χ2v) is 9.33. The molecule has 2 aromatic rings. The summed E-state index contributed by atoms with van der Waals surface area (Å²) in [5.74, 6) is 1.85. The molecule has 1 aliphatic heterocycles. The number of piperidine rings is 1. The molecule has 162 valence electrons. The molecule has 2 heterocycles. The lowest BCUT2D eigenvalue weighted by Crippen LogP contribution is -2.40. The Kier molecular flexibility index (Phi) is 6.88. The highest BCUT2D eigenvalue weighted by Gasteiger charge is 2.28. The molecular formula is C20H28N6O3S. The first-order valence-corrected chi connectivity index (χ1v) is 11.8. The number of aryl methyl sites for hydroxylation is 1. The largest absolute Gasteiger partial charge is 0.370 e. The molecule has 1 fully saturated rings. The summed E-state index contributed by atoms with van der Waals surface area (Å²) < 4.78 is 24.6. The van der Waals surface area contributed by atoms with Gasteiger partial charge in [-0.1, -0.05) is 0 Å². The van der Waals surface area contributed by atoms with E-state index in [4.69, 9.17) is 0 Å². The number of anilines is 4. The van der Waals surface area contributed by atoms with Gasteiger partial charge in [0.25, 0.3) is 0 Å². The first kappa shape index (κ1) is 22.0. The minimum atomic E-state index is -3.19. The van der Waals surface area contributed by atoms with E-state index in [1.54, 1.807) is 0 Å². The average molecular weight is 433 g/mol. The van der Waals surface area contributed by atoms with E-state index >= 15 is 0 Å². The van der Waals surface area contributed by atoms with Crippen molar-refractivity contribution in [1.29, 1.82) is 0 Å². The van der Waals surface area contributed by atoms with E-state index in [2.05, 4.69) is 25.9 Å². The van der Waals surface area contributed by atoms with Crippen molar-refractivity contribution in [1.82, 2.24) is 14.3 Å². The van der Waals surface area contributed by atoms with Crippen molar-refractivity contribution < 1.29 is 13.2 Å². The SMILES string of the molecule is CCNc1cc(Nc2ccc(NC(=O)C3CCN(S(C)(=O)=O)CC3)cc2)nc(C)n1. The number of hydrogen-bond donors (Lipinski definition) is 3. The lowest BCUT2D eigenvalue weighted by atomic mass is 9.97. The first-order chi connectivity index (χ1) is 14.2. The van der Waals surface area contributed by atoms with Gasteiger partial charge in [-0.05, 0) is 51.0 Å². The van der Waals surface area contributed by atoms with Crippen LogP contribution in [-0.4, -0.2) is 54.5 Å². The van der Waals surface area contributed by atoms with Crippen LogP contribution in [0, 0.1) is 12.8 Å². The number of amides is 1. The molecule has 0 spiro atoms. The fourth-order valence-electron chi connectivity index (χ4n) is 3.38. The molecule has 9 nitrogen and oxygen atoms in total. The molecule has 10 heteroatoms. The zero-order valence-electron chi connectivity index (χ0n) is 17.5. The predicted octanol–water partition coefficient (Wildman–Crippen LogP) is 2.57. The quantitative estimate of drug-likeness (QED) is 0.616. The molecule has 1 aromatic carbocycles. The average Bonchev–Trinajstić information content (AvgIpc) is 2.69. The molecule has 1 saturated heterocycles. The van der Waals surface area contributed by atoms with E-state index in [-0.39, 0.29) is 11.8 Å². The van der Waals surface area contributed by atoms with Gasteiger partial charge in [-0.2, -0.15) is 0 Å². The first-order valence-electron chi connectivity index (χ1n) is 9.97.